The van der Waals surface area contributed by atoms with Crippen LogP contribution in [0.25, 0.3) is 0 Å². The lowest BCUT2D eigenvalue weighted by atomic mass is 9.83. The Balaban J connectivity index is 1.79. The van der Waals surface area contributed by atoms with E-state index in [1.54, 1.807) is 0 Å². The van der Waals surface area contributed by atoms with Gasteiger partial charge in [-0.15, -0.1) is 0 Å². The highest BCUT2D eigenvalue weighted by Crippen LogP contribution is 2.27. The Morgan fingerprint density at radius 1 is 1.55 bits per heavy atom. The van der Waals surface area contributed by atoms with Crippen LogP contribution >= 0.6 is 0 Å². The summed E-state index contributed by atoms with van der Waals surface area (Å²) in [5, 5.41) is 27.9. The van der Waals surface area contributed by atoms with Crippen molar-refractivity contribution in [1.29, 1.82) is 0 Å². The number of nitrogens with zero attached hydrogens (tertiary/aromatic N) is 3. The van der Waals surface area contributed by atoms with E-state index in [0.717, 1.165) is 12.8 Å². The molecule has 1 aliphatic rings. The number of nitrogens with one attached hydrogen (secondary N) is 1. The van der Waals surface area contributed by atoms with Crippen molar-refractivity contribution in [2.45, 2.75) is 57.2 Å². The second-order valence-corrected chi connectivity index (χ2v) is 5.83. The van der Waals surface area contributed by atoms with E-state index in [0.29, 0.717) is 6.54 Å². The smallest absolute Gasteiger partial charge is 0.306 e. The Kier molecular flexibility index (Phi) is 4.72. The van der Waals surface area contributed by atoms with E-state index >= 15 is 0 Å². The van der Waals surface area contributed by atoms with Crippen LogP contribution in [0.5, 0.6) is 0 Å². The van der Waals surface area contributed by atoms with E-state index in [1.807, 2.05) is 0 Å². The van der Waals surface area contributed by atoms with Gasteiger partial charge in [0.05, 0.1) is 17.6 Å². The molecule has 0 radical (unpaired) electrons. The summed E-state index contributed by atoms with van der Waals surface area (Å²) in [5.41, 5.74) is 0.0550. The average molecular weight is 282 g/mol. The van der Waals surface area contributed by atoms with Crippen LogP contribution < -0.4 is 5.32 Å². The lowest BCUT2D eigenvalue weighted by Gasteiger charge is -2.35. The quantitative estimate of drug-likeness (QED) is 0.608. The number of aliphatic hydroxyl groups excluding tert-OH is 1. The van der Waals surface area contributed by atoms with Gasteiger partial charge in [-0.3, -0.25) is 14.8 Å². The van der Waals surface area contributed by atoms with Crippen molar-refractivity contribution in [3.05, 3.63) is 22.5 Å². The molecule has 1 aromatic rings. The summed E-state index contributed by atoms with van der Waals surface area (Å²) in [6.45, 7) is 2.93. The van der Waals surface area contributed by atoms with Gasteiger partial charge in [-0.05, 0) is 19.8 Å². The number of aromatic nitrogens is 2. The molecule has 1 heterocycles. The molecule has 1 unspecified atom stereocenters. The highest BCUT2D eigenvalue weighted by atomic mass is 16.6. The van der Waals surface area contributed by atoms with Crippen LogP contribution in [0.4, 0.5) is 5.69 Å². The summed E-state index contributed by atoms with van der Waals surface area (Å²) in [5.74, 6) is 0. The normalized spacial score (nSPS) is 19.7. The molecule has 0 bridgehead atoms. The second-order valence-electron chi connectivity index (χ2n) is 5.83. The van der Waals surface area contributed by atoms with Gasteiger partial charge in [0.2, 0.25) is 0 Å². The zero-order valence-electron chi connectivity index (χ0n) is 11.8. The summed E-state index contributed by atoms with van der Waals surface area (Å²) >= 11 is 0. The molecule has 2 N–H and O–H groups in total. The van der Waals surface area contributed by atoms with Gasteiger partial charge in [-0.25, -0.2) is 0 Å². The SMILES string of the molecule is CC1(NCC(O)Cn2cc([N+](=O)[O-])cn2)CCCCC1. The third-order valence-electron chi connectivity index (χ3n) is 3.95. The summed E-state index contributed by atoms with van der Waals surface area (Å²) in [6, 6.07) is 0. The van der Waals surface area contributed by atoms with Crippen LogP contribution in [0, 0.1) is 10.1 Å². The Morgan fingerprint density at radius 3 is 2.85 bits per heavy atom. The minimum absolute atomic E-state index is 0.0515. The molecule has 112 valence electrons. The first-order valence-corrected chi connectivity index (χ1v) is 7.08. The van der Waals surface area contributed by atoms with Crippen molar-refractivity contribution in [2.75, 3.05) is 6.54 Å². The molecule has 7 nitrogen and oxygen atoms in total. The highest BCUT2D eigenvalue weighted by Gasteiger charge is 2.26. The van der Waals surface area contributed by atoms with E-state index in [9.17, 15) is 15.2 Å². The van der Waals surface area contributed by atoms with Crippen molar-refractivity contribution >= 4 is 5.69 Å². The number of hydrogen-bond donors (Lipinski definition) is 2. The fraction of sp³-hybridized carbons (Fsp3) is 0.769. The van der Waals surface area contributed by atoms with Gasteiger partial charge in [0.1, 0.15) is 12.4 Å². The number of aliphatic hydroxyl groups is 1. The maximum Gasteiger partial charge on any atom is 0.306 e. The molecule has 1 fully saturated rings. The van der Waals surface area contributed by atoms with Crippen molar-refractivity contribution in [1.82, 2.24) is 15.1 Å². The number of nitro groups is 1. The third-order valence-corrected chi connectivity index (χ3v) is 3.95. The second kappa shape index (κ2) is 6.32. The third kappa shape index (κ3) is 4.01. The zero-order chi connectivity index (χ0) is 14.6. The van der Waals surface area contributed by atoms with Crippen molar-refractivity contribution in [3.63, 3.8) is 0 Å². The number of β-amino-alcohol motifs (C(OH)–C–C–N with tert-alkyl or cyclic N) is 1. The molecule has 1 atom stereocenters. The largest absolute Gasteiger partial charge is 0.390 e. The molecular weight excluding hydrogens is 260 g/mol. The Morgan fingerprint density at radius 2 is 2.25 bits per heavy atom. The number of hydrogen-bond acceptors (Lipinski definition) is 5. The van der Waals surface area contributed by atoms with Gasteiger partial charge < -0.3 is 10.4 Å². The lowest BCUT2D eigenvalue weighted by molar-refractivity contribution is -0.385. The Labute approximate surface area is 118 Å². The van der Waals surface area contributed by atoms with Gasteiger partial charge in [-0.1, -0.05) is 19.3 Å². The summed E-state index contributed by atoms with van der Waals surface area (Å²) in [4.78, 5) is 10.1. The van der Waals surface area contributed by atoms with Crippen LogP contribution in [-0.2, 0) is 6.54 Å². The van der Waals surface area contributed by atoms with E-state index < -0.39 is 11.0 Å². The first-order chi connectivity index (χ1) is 9.48. The van der Waals surface area contributed by atoms with Crippen molar-refractivity contribution in [3.8, 4) is 0 Å². The van der Waals surface area contributed by atoms with E-state index in [2.05, 4.69) is 17.3 Å². The van der Waals surface area contributed by atoms with Gasteiger partial charge in [0.25, 0.3) is 0 Å². The van der Waals surface area contributed by atoms with Crippen LogP contribution in [0.15, 0.2) is 12.4 Å². The zero-order valence-corrected chi connectivity index (χ0v) is 11.8. The first kappa shape index (κ1) is 14.9. The topological polar surface area (TPSA) is 93.2 Å². The summed E-state index contributed by atoms with van der Waals surface area (Å²) < 4.78 is 1.41. The first-order valence-electron chi connectivity index (χ1n) is 7.08. The van der Waals surface area contributed by atoms with Crippen molar-refractivity contribution in [2.24, 2.45) is 0 Å². The van der Waals surface area contributed by atoms with Gasteiger partial charge in [0, 0.05) is 12.1 Å². The summed E-state index contributed by atoms with van der Waals surface area (Å²) in [7, 11) is 0. The minimum Gasteiger partial charge on any atom is -0.390 e. The van der Waals surface area contributed by atoms with Crippen LogP contribution in [0.2, 0.25) is 0 Å². The molecule has 1 aliphatic carbocycles. The Hall–Kier alpha value is -1.47. The standard InChI is InChI=1S/C13H22N4O3/c1-13(5-3-2-4-6-13)14-8-12(18)10-16-9-11(7-15-16)17(19)20/h7,9,12,14,18H,2-6,8,10H2,1H3. The predicted octanol–water partition coefficient (Wildman–Crippen LogP) is 1.46. The maximum atomic E-state index is 10.6. The fourth-order valence-electron chi connectivity index (χ4n) is 2.70. The van der Waals surface area contributed by atoms with Gasteiger partial charge >= 0.3 is 5.69 Å². The molecule has 1 aromatic heterocycles. The molecule has 1 saturated carbocycles. The molecule has 0 spiro atoms. The highest BCUT2D eigenvalue weighted by molar-refractivity contribution is 5.20. The molecule has 20 heavy (non-hydrogen) atoms. The minimum atomic E-state index is -0.603. The summed E-state index contributed by atoms with van der Waals surface area (Å²) in [6.07, 6.45) is 7.94. The van der Waals surface area contributed by atoms with Gasteiger partial charge in [0.15, 0.2) is 0 Å². The van der Waals surface area contributed by atoms with E-state index in [1.165, 1.54) is 36.3 Å². The monoisotopic (exact) mass is 282 g/mol. The molecule has 2 rings (SSSR count). The van der Waals surface area contributed by atoms with Gasteiger partial charge in [-0.2, -0.15) is 5.10 Å². The average Bonchev–Trinajstić information content (AvgIpc) is 2.86. The fourth-order valence-corrected chi connectivity index (χ4v) is 2.70. The Bertz CT molecular complexity index is 454. The predicted molar refractivity (Wildman–Crippen MR) is 74.4 cm³/mol. The van der Waals surface area contributed by atoms with E-state index in [-0.39, 0.29) is 17.8 Å². The van der Waals surface area contributed by atoms with Crippen molar-refractivity contribution < 1.29 is 10.0 Å². The van der Waals surface area contributed by atoms with Crippen LogP contribution in [0.3, 0.4) is 0 Å². The molecule has 7 heteroatoms. The molecule has 0 aliphatic heterocycles. The molecule has 0 saturated heterocycles. The molecular formula is C13H22N4O3. The van der Waals surface area contributed by atoms with Crippen LogP contribution in [-0.4, -0.2) is 38.0 Å². The number of rotatable bonds is 6. The maximum absolute atomic E-state index is 10.6. The molecule has 0 aromatic carbocycles. The van der Waals surface area contributed by atoms with E-state index in [4.69, 9.17) is 0 Å². The van der Waals surface area contributed by atoms with Crippen LogP contribution in [0.1, 0.15) is 39.0 Å². The molecule has 0 amide bonds. The lowest BCUT2D eigenvalue weighted by Crippen LogP contribution is -2.47.